The molecule has 1 fully saturated rings. The Morgan fingerprint density at radius 1 is 1.00 bits per heavy atom. The van der Waals surface area contributed by atoms with Gasteiger partial charge >= 0.3 is 0 Å². The number of aldehydes is 2. The van der Waals surface area contributed by atoms with Crippen LogP contribution in [-0.4, -0.2) is 30.6 Å². The monoisotopic (exact) mass is 295 g/mol. The van der Waals surface area contributed by atoms with Crippen molar-refractivity contribution in [3.8, 4) is 0 Å². The zero-order chi connectivity index (χ0) is 15.6. The maximum Gasteiger partial charge on any atom is 0.133 e. The van der Waals surface area contributed by atoms with Crippen LogP contribution in [0.3, 0.4) is 0 Å². The average Bonchev–Trinajstić information content (AvgIpc) is 2.60. The molecule has 3 rings (SSSR count). The molecule has 1 atom stereocenters. The van der Waals surface area contributed by atoms with E-state index in [9.17, 15) is 9.59 Å². The van der Waals surface area contributed by atoms with E-state index in [1.165, 1.54) is 16.3 Å². The molecule has 2 aromatic rings. The Labute approximate surface area is 130 Å². The summed E-state index contributed by atoms with van der Waals surface area (Å²) in [7, 11) is 0. The van der Waals surface area contributed by atoms with Gasteiger partial charge in [0.1, 0.15) is 12.6 Å². The standard InChI is InChI=1S/C19H21NO2/c1-15(20-11-9-19(13-21,14-22)10-12-20)17-8-4-6-16-5-2-3-7-18(16)17/h2-8,13-15H,9-12H2,1H3/t15-/m1/s1. The van der Waals surface area contributed by atoms with E-state index in [0.29, 0.717) is 12.8 Å². The van der Waals surface area contributed by atoms with E-state index in [4.69, 9.17) is 0 Å². The molecule has 0 saturated carbocycles. The number of piperidine rings is 1. The van der Waals surface area contributed by atoms with Crippen LogP contribution in [0, 0.1) is 5.41 Å². The lowest BCUT2D eigenvalue weighted by Crippen LogP contribution is -2.42. The molecular formula is C19H21NO2. The van der Waals surface area contributed by atoms with E-state index in [2.05, 4.69) is 54.3 Å². The minimum atomic E-state index is -0.755. The van der Waals surface area contributed by atoms with Crippen molar-refractivity contribution in [2.24, 2.45) is 5.41 Å². The van der Waals surface area contributed by atoms with Crippen molar-refractivity contribution < 1.29 is 9.59 Å². The lowest BCUT2D eigenvalue weighted by Gasteiger charge is -2.38. The maximum absolute atomic E-state index is 11.2. The van der Waals surface area contributed by atoms with Crippen molar-refractivity contribution in [1.29, 1.82) is 0 Å². The lowest BCUT2D eigenvalue weighted by molar-refractivity contribution is -0.129. The molecule has 0 amide bonds. The van der Waals surface area contributed by atoms with Crippen molar-refractivity contribution in [2.75, 3.05) is 13.1 Å². The summed E-state index contributed by atoms with van der Waals surface area (Å²) in [5.41, 5.74) is 0.553. The van der Waals surface area contributed by atoms with Crippen molar-refractivity contribution in [3.63, 3.8) is 0 Å². The first-order valence-corrected chi connectivity index (χ1v) is 7.83. The predicted molar refractivity (Wildman–Crippen MR) is 87.7 cm³/mol. The highest BCUT2D eigenvalue weighted by molar-refractivity contribution is 5.86. The van der Waals surface area contributed by atoms with Gasteiger partial charge < -0.3 is 9.59 Å². The zero-order valence-electron chi connectivity index (χ0n) is 12.9. The lowest BCUT2D eigenvalue weighted by atomic mass is 9.80. The Kier molecular flexibility index (Phi) is 4.08. The van der Waals surface area contributed by atoms with Crippen LogP contribution < -0.4 is 0 Å². The fourth-order valence-electron chi connectivity index (χ4n) is 3.40. The molecule has 0 unspecified atom stereocenters. The minimum Gasteiger partial charge on any atom is -0.302 e. The molecule has 3 nitrogen and oxygen atoms in total. The van der Waals surface area contributed by atoms with Crippen molar-refractivity contribution in [2.45, 2.75) is 25.8 Å². The molecule has 114 valence electrons. The molecular weight excluding hydrogens is 274 g/mol. The molecule has 1 heterocycles. The summed E-state index contributed by atoms with van der Waals surface area (Å²) in [6.45, 7) is 3.76. The normalized spacial score (nSPS) is 19.7. The van der Waals surface area contributed by atoms with Gasteiger partial charge in [-0.2, -0.15) is 0 Å². The van der Waals surface area contributed by atoms with Gasteiger partial charge in [-0.3, -0.25) is 4.90 Å². The van der Waals surface area contributed by atoms with Crippen LogP contribution in [-0.2, 0) is 9.59 Å². The van der Waals surface area contributed by atoms with Gasteiger partial charge in [-0.25, -0.2) is 0 Å². The molecule has 2 aromatic carbocycles. The molecule has 3 heteroatoms. The SMILES string of the molecule is C[C@H](c1cccc2ccccc12)N1CCC(C=O)(C=O)CC1. The Morgan fingerprint density at radius 2 is 1.64 bits per heavy atom. The third kappa shape index (κ3) is 2.57. The molecule has 22 heavy (non-hydrogen) atoms. The highest BCUT2D eigenvalue weighted by atomic mass is 16.1. The summed E-state index contributed by atoms with van der Waals surface area (Å²) in [5.74, 6) is 0. The highest BCUT2D eigenvalue weighted by Crippen LogP contribution is 2.34. The Hall–Kier alpha value is -2.00. The number of carbonyl (C=O) groups excluding carboxylic acids is 2. The second-order valence-electron chi connectivity index (χ2n) is 6.25. The fraction of sp³-hybridized carbons (Fsp3) is 0.368. The first kappa shape index (κ1) is 14.9. The molecule has 1 aliphatic rings. The second-order valence-corrected chi connectivity index (χ2v) is 6.25. The average molecular weight is 295 g/mol. The number of likely N-dealkylation sites (tertiary alicyclic amines) is 1. The number of nitrogens with zero attached hydrogens (tertiary/aromatic N) is 1. The highest BCUT2D eigenvalue weighted by Gasteiger charge is 2.35. The summed E-state index contributed by atoms with van der Waals surface area (Å²) < 4.78 is 0. The van der Waals surface area contributed by atoms with Crippen LogP contribution in [0.5, 0.6) is 0 Å². The van der Waals surface area contributed by atoms with Crippen molar-refractivity contribution in [1.82, 2.24) is 4.90 Å². The van der Waals surface area contributed by atoms with E-state index >= 15 is 0 Å². The summed E-state index contributed by atoms with van der Waals surface area (Å²) in [5, 5.41) is 2.53. The van der Waals surface area contributed by atoms with E-state index in [1.807, 2.05) is 0 Å². The molecule has 1 saturated heterocycles. The first-order valence-electron chi connectivity index (χ1n) is 7.83. The fourth-order valence-corrected chi connectivity index (χ4v) is 3.40. The zero-order valence-corrected chi connectivity index (χ0v) is 12.9. The van der Waals surface area contributed by atoms with Crippen LogP contribution >= 0.6 is 0 Å². The van der Waals surface area contributed by atoms with Gasteiger partial charge in [0.15, 0.2) is 0 Å². The van der Waals surface area contributed by atoms with Crippen molar-refractivity contribution in [3.05, 3.63) is 48.0 Å². The smallest absolute Gasteiger partial charge is 0.133 e. The van der Waals surface area contributed by atoms with E-state index in [1.54, 1.807) is 0 Å². The Balaban J connectivity index is 1.84. The number of rotatable bonds is 4. The van der Waals surface area contributed by atoms with E-state index in [-0.39, 0.29) is 6.04 Å². The Morgan fingerprint density at radius 3 is 2.32 bits per heavy atom. The number of hydrogen-bond donors (Lipinski definition) is 0. The number of hydrogen-bond acceptors (Lipinski definition) is 3. The molecule has 0 aliphatic carbocycles. The van der Waals surface area contributed by atoms with Gasteiger partial charge in [-0.05, 0) is 36.1 Å². The topological polar surface area (TPSA) is 37.4 Å². The third-order valence-electron chi connectivity index (χ3n) is 5.02. The number of benzene rings is 2. The van der Waals surface area contributed by atoms with Crippen LogP contribution in [0.4, 0.5) is 0 Å². The van der Waals surface area contributed by atoms with Gasteiger partial charge in [0.05, 0.1) is 5.41 Å². The third-order valence-corrected chi connectivity index (χ3v) is 5.02. The molecule has 0 radical (unpaired) electrons. The largest absolute Gasteiger partial charge is 0.302 e. The number of carbonyl (C=O) groups is 2. The molecule has 0 bridgehead atoms. The molecule has 0 spiro atoms. The van der Waals surface area contributed by atoms with Crippen LogP contribution in [0.25, 0.3) is 10.8 Å². The number of fused-ring (bicyclic) bond motifs is 1. The van der Waals surface area contributed by atoms with Crippen LogP contribution in [0.15, 0.2) is 42.5 Å². The van der Waals surface area contributed by atoms with Gasteiger partial charge in [-0.15, -0.1) is 0 Å². The van der Waals surface area contributed by atoms with Crippen LogP contribution in [0.1, 0.15) is 31.4 Å². The van der Waals surface area contributed by atoms with E-state index < -0.39 is 5.41 Å². The summed E-state index contributed by atoms with van der Waals surface area (Å²) >= 11 is 0. The Bertz CT molecular complexity index is 671. The first-order chi connectivity index (χ1) is 10.7. The van der Waals surface area contributed by atoms with Gasteiger partial charge in [-0.1, -0.05) is 42.5 Å². The molecule has 0 aromatic heterocycles. The van der Waals surface area contributed by atoms with Gasteiger partial charge in [0.25, 0.3) is 0 Å². The van der Waals surface area contributed by atoms with E-state index in [0.717, 1.165) is 25.7 Å². The second kappa shape index (κ2) is 6.01. The molecule has 1 aliphatic heterocycles. The predicted octanol–water partition coefficient (Wildman–Crippen LogP) is 3.38. The molecule has 0 N–H and O–H groups in total. The quantitative estimate of drug-likeness (QED) is 0.641. The maximum atomic E-state index is 11.2. The van der Waals surface area contributed by atoms with Gasteiger partial charge in [0.2, 0.25) is 0 Å². The van der Waals surface area contributed by atoms with Crippen molar-refractivity contribution >= 4 is 23.3 Å². The summed E-state index contributed by atoms with van der Waals surface area (Å²) in [6.07, 6.45) is 2.91. The minimum absolute atomic E-state index is 0.280. The summed E-state index contributed by atoms with van der Waals surface area (Å²) in [6, 6.07) is 15.1. The van der Waals surface area contributed by atoms with Crippen LogP contribution in [0.2, 0.25) is 0 Å². The summed E-state index contributed by atoms with van der Waals surface area (Å²) in [4.78, 5) is 24.7. The van der Waals surface area contributed by atoms with Gasteiger partial charge in [0, 0.05) is 19.1 Å².